The fourth-order valence-corrected chi connectivity index (χ4v) is 4.73. The van der Waals surface area contributed by atoms with Gasteiger partial charge >= 0.3 is 0 Å². The summed E-state index contributed by atoms with van der Waals surface area (Å²) in [6.45, 7) is 0.355. The van der Waals surface area contributed by atoms with Crippen LogP contribution in [0.15, 0.2) is 72.1 Å². The second kappa shape index (κ2) is 7.39. The van der Waals surface area contributed by atoms with Crippen LogP contribution in [0.25, 0.3) is 21.5 Å². The maximum Gasteiger partial charge on any atom is 0.255 e. The lowest BCUT2D eigenvalue weighted by molar-refractivity contribution is -0.122. The van der Waals surface area contributed by atoms with Gasteiger partial charge in [0.15, 0.2) is 0 Å². The molecular weight excluding hydrogens is 394 g/mol. The number of hydrogen-bond donors (Lipinski definition) is 1. The Morgan fingerprint density at radius 3 is 2.53 bits per heavy atom. The second-order valence-corrected chi connectivity index (χ2v) is 8.32. The smallest absolute Gasteiger partial charge is 0.255 e. The zero-order chi connectivity index (χ0) is 20.7. The topological polar surface area (TPSA) is 76.3 Å². The van der Waals surface area contributed by atoms with E-state index in [9.17, 15) is 9.59 Å². The average Bonchev–Trinajstić information content (AvgIpc) is 3.32. The number of carbonyl (C=O) groups is 2. The molecular formula is C24H19N3O2S. The third-order valence-electron chi connectivity index (χ3n) is 5.56. The molecule has 2 N–H and O–H groups in total. The highest BCUT2D eigenvalue weighted by molar-refractivity contribution is 7.13. The minimum atomic E-state index is -0.676. The first-order chi connectivity index (χ1) is 14.6. The van der Waals surface area contributed by atoms with E-state index in [2.05, 4.69) is 0 Å². The van der Waals surface area contributed by atoms with Gasteiger partial charge in [0, 0.05) is 18.4 Å². The maximum absolute atomic E-state index is 13.8. The number of amides is 2. The Kier molecular flexibility index (Phi) is 4.56. The zero-order valence-electron chi connectivity index (χ0n) is 16.1. The van der Waals surface area contributed by atoms with E-state index in [0.717, 1.165) is 32.6 Å². The van der Waals surface area contributed by atoms with Crippen molar-refractivity contribution in [2.24, 2.45) is 5.73 Å². The van der Waals surface area contributed by atoms with Gasteiger partial charge < -0.3 is 10.6 Å². The van der Waals surface area contributed by atoms with E-state index in [1.54, 1.807) is 16.2 Å². The summed E-state index contributed by atoms with van der Waals surface area (Å²) in [4.78, 5) is 33.3. The van der Waals surface area contributed by atoms with E-state index in [4.69, 9.17) is 10.7 Å². The Labute approximate surface area is 177 Å². The van der Waals surface area contributed by atoms with E-state index in [1.165, 1.54) is 0 Å². The van der Waals surface area contributed by atoms with Crippen LogP contribution < -0.4 is 5.73 Å². The van der Waals surface area contributed by atoms with Crippen molar-refractivity contribution in [1.29, 1.82) is 0 Å². The summed E-state index contributed by atoms with van der Waals surface area (Å²) in [7, 11) is 0. The summed E-state index contributed by atoms with van der Waals surface area (Å²) in [6, 6.07) is 20.6. The number of thiophene rings is 1. The third kappa shape index (κ3) is 3.15. The summed E-state index contributed by atoms with van der Waals surface area (Å²) in [6.07, 6.45) is 0.429. The average molecular weight is 414 g/mol. The molecule has 148 valence electrons. The van der Waals surface area contributed by atoms with Crippen LogP contribution in [0.2, 0.25) is 0 Å². The Hall–Kier alpha value is -3.51. The molecule has 6 heteroatoms. The number of benzene rings is 2. The maximum atomic E-state index is 13.8. The second-order valence-electron chi connectivity index (χ2n) is 7.37. The summed E-state index contributed by atoms with van der Waals surface area (Å²) in [5, 5.41) is 2.75. The van der Waals surface area contributed by atoms with Crippen molar-refractivity contribution in [2.45, 2.75) is 19.0 Å². The molecule has 5 rings (SSSR count). The molecule has 0 fully saturated rings. The molecule has 0 aliphatic carbocycles. The Morgan fingerprint density at radius 2 is 1.77 bits per heavy atom. The van der Waals surface area contributed by atoms with E-state index < -0.39 is 11.9 Å². The number of fused-ring (bicyclic) bond motifs is 2. The SMILES string of the molecule is NC(=O)[C@@H]1Cc2ccccc2CN1C(=O)c1cc(-c2cccs2)nc2ccccc12. The van der Waals surface area contributed by atoms with Crippen molar-refractivity contribution in [1.82, 2.24) is 9.88 Å². The van der Waals surface area contributed by atoms with E-state index in [0.29, 0.717) is 18.5 Å². The highest BCUT2D eigenvalue weighted by atomic mass is 32.1. The Bertz CT molecular complexity index is 1270. The number of nitrogens with zero attached hydrogens (tertiary/aromatic N) is 2. The first kappa shape index (κ1) is 18.5. The number of primary amides is 1. The van der Waals surface area contributed by atoms with Gasteiger partial charge in [-0.1, -0.05) is 48.5 Å². The van der Waals surface area contributed by atoms with E-state index >= 15 is 0 Å². The molecule has 1 aliphatic rings. The van der Waals surface area contributed by atoms with Gasteiger partial charge in [0.1, 0.15) is 6.04 Å². The number of pyridine rings is 1. The Balaban J connectivity index is 1.64. The predicted molar refractivity (Wildman–Crippen MR) is 118 cm³/mol. The van der Waals surface area contributed by atoms with Gasteiger partial charge in [0.05, 0.1) is 21.7 Å². The molecule has 2 amide bonds. The van der Waals surface area contributed by atoms with E-state index in [1.807, 2.05) is 72.1 Å². The number of carbonyl (C=O) groups excluding carboxylic acids is 2. The normalized spacial score (nSPS) is 15.7. The fourth-order valence-electron chi connectivity index (χ4n) is 4.05. The summed E-state index contributed by atoms with van der Waals surface area (Å²) >= 11 is 1.58. The van der Waals surface area contributed by atoms with Crippen molar-refractivity contribution in [3.8, 4) is 10.6 Å². The van der Waals surface area contributed by atoms with Crippen LogP contribution in [0, 0.1) is 0 Å². The molecule has 1 atom stereocenters. The minimum Gasteiger partial charge on any atom is -0.368 e. The van der Waals surface area contributed by atoms with Crippen molar-refractivity contribution in [2.75, 3.05) is 0 Å². The third-order valence-corrected chi connectivity index (χ3v) is 6.45. The molecule has 5 nitrogen and oxygen atoms in total. The van der Waals surface area contributed by atoms with Crippen molar-refractivity contribution < 1.29 is 9.59 Å². The molecule has 0 unspecified atom stereocenters. The lowest BCUT2D eigenvalue weighted by Crippen LogP contribution is -2.51. The summed E-state index contributed by atoms with van der Waals surface area (Å²) < 4.78 is 0. The summed E-state index contributed by atoms with van der Waals surface area (Å²) in [5.41, 5.74) is 9.84. The first-order valence-corrected chi connectivity index (χ1v) is 10.6. The standard InChI is InChI=1S/C24H19N3O2S/c25-23(28)21-12-15-6-1-2-7-16(15)14-27(21)24(29)18-13-20(22-10-5-11-30-22)26-19-9-4-3-8-17(18)19/h1-11,13,21H,12,14H2,(H2,25,28)/t21-/m0/s1. The molecule has 2 aromatic heterocycles. The molecule has 3 heterocycles. The first-order valence-electron chi connectivity index (χ1n) is 9.72. The van der Waals surface area contributed by atoms with Crippen LogP contribution in [0.1, 0.15) is 21.5 Å². The van der Waals surface area contributed by atoms with Crippen LogP contribution in [0.3, 0.4) is 0 Å². The Morgan fingerprint density at radius 1 is 1.00 bits per heavy atom. The van der Waals surface area contributed by atoms with Crippen molar-refractivity contribution >= 4 is 34.1 Å². The number of nitrogens with two attached hydrogens (primary N) is 1. The highest BCUT2D eigenvalue weighted by Crippen LogP contribution is 2.31. The number of hydrogen-bond acceptors (Lipinski definition) is 4. The van der Waals surface area contributed by atoms with Gasteiger partial charge in [-0.2, -0.15) is 0 Å². The van der Waals surface area contributed by atoms with Crippen LogP contribution in [0.4, 0.5) is 0 Å². The fraction of sp³-hybridized carbons (Fsp3) is 0.125. The molecule has 0 spiro atoms. The van der Waals surface area contributed by atoms with Crippen LogP contribution in [-0.4, -0.2) is 27.7 Å². The van der Waals surface area contributed by atoms with Gasteiger partial charge in [-0.15, -0.1) is 11.3 Å². The molecule has 1 aliphatic heterocycles. The van der Waals surface area contributed by atoms with Gasteiger partial charge in [-0.05, 0) is 34.7 Å². The van der Waals surface area contributed by atoms with Crippen LogP contribution in [0.5, 0.6) is 0 Å². The molecule has 0 radical (unpaired) electrons. The minimum absolute atomic E-state index is 0.204. The van der Waals surface area contributed by atoms with Gasteiger partial charge in [0.2, 0.25) is 5.91 Å². The number of aromatic nitrogens is 1. The zero-order valence-corrected chi connectivity index (χ0v) is 16.9. The lowest BCUT2D eigenvalue weighted by atomic mass is 9.92. The van der Waals surface area contributed by atoms with Crippen molar-refractivity contribution in [3.63, 3.8) is 0 Å². The monoisotopic (exact) mass is 413 g/mol. The van der Waals surface area contributed by atoms with E-state index in [-0.39, 0.29) is 5.91 Å². The van der Waals surface area contributed by atoms with Crippen molar-refractivity contribution in [3.05, 3.63) is 88.8 Å². The molecule has 0 saturated heterocycles. The van der Waals surface area contributed by atoms with Crippen LogP contribution >= 0.6 is 11.3 Å². The molecule has 0 bridgehead atoms. The highest BCUT2D eigenvalue weighted by Gasteiger charge is 2.34. The molecule has 0 saturated carbocycles. The van der Waals surface area contributed by atoms with Gasteiger partial charge in [-0.25, -0.2) is 4.98 Å². The molecule has 30 heavy (non-hydrogen) atoms. The van der Waals surface area contributed by atoms with Crippen LogP contribution in [-0.2, 0) is 17.8 Å². The number of rotatable bonds is 3. The predicted octanol–water partition coefficient (Wildman–Crippen LogP) is 4.02. The summed E-state index contributed by atoms with van der Waals surface area (Å²) in [5.74, 6) is -0.695. The van der Waals surface area contributed by atoms with Gasteiger partial charge in [0.25, 0.3) is 5.91 Å². The lowest BCUT2D eigenvalue weighted by Gasteiger charge is -2.35. The quantitative estimate of drug-likeness (QED) is 0.551. The largest absolute Gasteiger partial charge is 0.368 e. The molecule has 4 aromatic rings. The number of para-hydroxylation sites is 1. The van der Waals surface area contributed by atoms with Gasteiger partial charge in [-0.3, -0.25) is 9.59 Å². The molecule has 2 aromatic carbocycles.